The Hall–Kier alpha value is -1.49. The molecule has 1 rings (SSSR count). The lowest BCUT2D eigenvalue weighted by Gasteiger charge is -2.11. The number of hydrogen-bond acceptors (Lipinski definition) is 2. The van der Waals surface area contributed by atoms with Crippen molar-refractivity contribution in [3.05, 3.63) is 35.4 Å². The molecule has 15 heavy (non-hydrogen) atoms. The van der Waals surface area contributed by atoms with Crippen LogP contribution in [-0.2, 0) is 0 Å². The Labute approximate surface area is 86.3 Å². The molecule has 1 atom stereocenters. The van der Waals surface area contributed by atoms with E-state index in [2.05, 4.69) is 5.32 Å². The van der Waals surface area contributed by atoms with Crippen LogP contribution < -0.4 is 11.1 Å². The van der Waals surface area contributed by atoms with E-state index in [9.17, 15) is 13.6 Å². The van der Waals surface area contributed by atoms with Crippen LogP contribution in [0.4, 0.5) is 8.78 Å². The second-order valence-corrected chi connectivity index (χ2v) is 3.21. The Balaban J connectivity index is 2.87. The van der Waals surface area contributed by atoms with Gasteiger partial charge < -0.3 is 11.1 Å². The number of nitrogens with one attached hydrogen (secondary N) is 1. The Kier molecular flexibility index (Phi) is 3.74. The van der Waals surface area contributed by atoms with Gasteiger partial charge in [-0.2, -0.15) is 0 Å². The summed E-state index contributed by atoms with van der Waals surface area (Å²) in [7, 11) is 0. The van der Waals surface area contributed by atoms with Crippen LogP contribution in [0.3, 0.4) is 0 Å². The van der Waals surface area contributed by atoms with Crippen molar-refractivity contribution < 1.29 is 13.6 Å². The standard InChI is InChI=1S/C10H12F2N2O/c1-6(5-13)14-10(15)7-3-2-4-8(11)9(7)12/h2-4,6H,5,13H2,1H3,(H,14,15). The van der Waals surface area contributed by atoms with E-state index in [0.717, 1.165) is 6.07 Å². The van der Waals surface area contributed by atoms with Crippen LogP contribution in [0, 0.1) is 11.6 Å². The minimum atomic E-state index is -1.14. The van der Waals surface area contributed by atoms with E-state index < -0.39 is 17.5 Å². The Morgan fingerprint density at radius 2 is 2.20 bits per heavy atom. The Morgan fingerprint density at radius 3 is 2.80 bits per heavy atom. The van der Waals surface area contributed by atoms with Gasteiger partial charge in [-0.15, -0.1) is 0 Å². The van der Waals surface area contributed by atoms with Crippen molar-refractivity contribution in [3.8, 4) is 0 Å². The molecule has 0 fully saturated rings. The van der Waals surface area contributed by atoms with E-state index in [4.69, 9.17) is 5.73 Å². The quantitative estimate of drug-likeness (QED) is 0.790. The lowest BCUT2D eigenvalue weighted by Crippen LogP contribution is -2.38. The number of carbonyl (C=O) groups excluding carboxylic acids is 1. The van der Waals surface area contributed by atoms with Gasteiger partial charge in [0.2, 0.25) is 0 Å². The minimum Gasteiger partial charge on any atom is -0.348 e. The van der Waals surface area contributed by atoms with Crippen molar-refractivity contribution in [2.24, 2.45) is 5.73 Å². The fourth-order valence-corrected chi connectivity index (χ4v) is 1.04. The van der Waals surface area contributed by atoms with Crippen LogP contribution in [0.1, 0.15) is 17.3 Å². The monoisotopic (exact) mass is 214 g/mol. The van der Waals surface area contributed by atoms with Crippen LogP contribution in [0.15, 0.2) is 18.2 Å². The van der Waals surface area contributed by atoms with E-state index >= 15 is 0 Å². The molecule has 0 bridgehead atoms. The molecule has 82 valence electrons. The molecule has 0 aliphatic carbocycles. The van der Waals surface area contributed by atoms with E-state index in [0.29, 0.717) is 0 Å². The molecule has 3 nitrogen and oxygen atoms in total. The van der Waals surface area contributed by atoms with Crippen molar-refractivity contribution in [2.75, 3.05) is 6.54 Å². The van der Waals surface area contributed by atoms with Crippen LogP contribution in [0.25, 0.3) is 0 Å². The topological polar surface area (TPSA) is 55.1 Å². The summed E-state index contributed by atoms with van der Waals surface area (Å²) in [6.07, 6.45) is 0. The highest BCUT2D eigenvalue weighted by molar-refractivity contribution is 5.94. The number of hydrogen-bond donors (Lipinski definition) is 2. The molecule has 0 aromatic heterocycles. The van der Waals surface area contributed by atoms with Gasteiger partial charge in [-0.05, 0) is 19.1 Å². The lowest BCUT2D eigenvalue weighted by molar-refractivity contribution is 0.0936. The molecule has 1 aromatic rings. The van der Waals surface area contributed by atoms with Gasteiger partial charge in [-0.3, -0.25) is 4.79 Å². The molecule has 3 N–H and O–H groups in total. The molecule has 1 unspecified atom stereocenters. The molecule has 5 heteroatoms. The molecule has 0 spiro atoms. The average molecular weight is 214 g/mol. The van der Waals surface area contributed by atoms with Crippen LogP contribution in [-0.4, -0.2) is 18.5 Å². The highest BCUT2D eigenvalue weighted by Gasteiger charge is 2.15. The van der Waals surface area contributed by atoms with Gasteiger partial charge >= 0.3 is 0 Å². The zero-order valence-electron chi connectivity index (χ0n) is 8.26. The fraction of sp³-hybridized carbons (Fsp3) is 0.300. The van der Waals surface area contributed by atoms with E-state index in [1.54, 1.807) is 6.92 Å². The number of amides is 1. The van der Waals surface area contributed by atoms with Gasteiger partial charge in [0.05, 0.1) is 5.56 Å². The second-order valence-electron chi connectivity index (χ2n) is 3.21. The Morgan fingerprint density at radius 1 is 1.53 bits per heavy atom. The molecule has 0 aliphatic rings. The SMILES string of the molecule is CC(CN)NC(=O)c1cccc(F)c1F. The molecule has 1 aromatic carbocycles. The third kappa shape index (κ3) is 2.73. The number of benzene rings is 1. The highest BCUT2D eigenvalue weighted by Crippen LogP contribution is 2.11. The van der Waals surface area contributed by atoms with Gasteiger partial charge in [0, 0.05) is 12.6 Å². The maximum atomic E-state index is 13.1. The van der Waals surface area contributed by atoms with Crippen molar-refractivity contribution in [2.45, 2.75) is 13.0 Å². The van der Waals surface area contributed by atoms with E-state index in [1.807, 2.05) is 0 Å². The third-order valence-electron chi connectivity index (χ3n) is 1.93. The third-order valence-corrected chi connectivity index (χ3v) is 1.93. The molecule has 0 heterocycles. The summed E-state index contributed by atoms with van der Waals surface area (Å²) in [6.45, 7) is 1.91. The number of rotatable bonds is 3. The summed E-state index contributed by atoms with van der Waals surface area (Å²) in [5.41, 5.74) is 4.97. The van der Waals surface area contributed by atoms with Crippen molar-refractivity contribution >= 4 is 5.91 Å². The number of nitrogens with two attached hydrogens (primary N) is 1. The first-order chi connectivity index (χ1) is 7.06. The largest absolute Gasteiger partial charge is 0.348 e. The van der Waals surface area contributed by atoms with Gasteiger partial charge in [0.1, 0.15) is 0 Å². The first kappa shape index (κ1) is 11.6. The van der Waals surface area contributed by atoms with E-state index in [1.165, 1.54) is 12.1 Å². The highest BCUT2D eigenvalue weighted by atomic mass is 19.2. The van der Waals surface area contributed by atoms with Gasteiger partial charge in [0.15, 0.2) is 11.6 Å². The first-order valence-electron chi connectivity index (χ1n) is 4.51. The molecule has 0 aliphatic heterocycles. The lowest BCUT2D eigenvalue weighted by atomic mass is 10.2. The molecule has 0 saturated heterocycles. The second kappa shape index (κ2) is 4.84. The zero-order chi connectivity index (χ0) is 11.4. The predicted octanol–water partition coefficient (Wildman–Crippen LogP) is 1.04. The summed E-state index contributed by atoms with van der Waals surface area (Å²) in [5, 5.41) is 2.44. The average Bonchev–Trinajstić information content (AvgIpc) is 2.21. The van der Waals surface area contributed by atoms with Crippen molar-refractivity contribution in [3.63, 3.8) is 0 Å². The Bertz CT molecular complexity index is 368. The molecular formula is C10H12F2N2O. The summed E-state index contributed by atoms with van der Waals surface area (Å²) in [4.78, 5) is 11.4. The van der Waals surface area contributed by atoms with Gasteiger partial charge in [-0.1, -0.05) is 6.07 Å². The minimum absolute atomic E-state index is 0.239. The van der Waals surface area contributed by atoms with Gasteiger partial charge in [-0.25, -0.2) is 8.78 Å². The summed E-state index contributed by atoms with van der Waals surface area (Å²) in [5.74, 6) is -2.84. The first-order valence-corrected chi connectivity index (χ1v) is 4.51. The van der Waals surface area contributed by atoms with Gasteiger partial charge in [0.25, 0.3) is 5.91 Å². The summed E-state index contributed by atoms with van der Waals surface area (Å²) >= 11 is 0. The smallest absolute Gasteiger partial charge is 0.254 e. The fourth-order valence-electron chi connectivity index (χ4n) is 1.04. The molecule has 0 radical (unpaired) electrons. The summed E-state index contributed by atoms with van der Waals surface area (Å²) < 4.78 is 25.9. The predicted molar refractivity (Wildman–Crippen MR) is 52.3 cm³/mol. The maximum Gasteiger partial charge on any atom is 0.254 e. The van der Waals surface area contributed by atoms with Crippen LogP contribution >= 0.6 is 0 Å². The normalized spacial score (nSPS) is 12.3. The van der Waals surface area contributed by atoms with Crippen molar-refractivity contribution in [1.29, 1.82) is 0 Å². The molecule has 0 saturated carbocycles. The molecule has 1 amide bonds. The molecular weight excluding hydrogens is 202 g/mol. The number of halogens is 2. The zero-order valence-corrected chi connectivity index (χ0v) is 8.26. The summed E-state index contributed by atoms with van der Waals surface area (Å²) in [6, 6.07) is 3.18. The van der Waals surface area contributed by atoms with Crippen molar-refractivity contribution in [1.82, 2.24) is 5.32 Å². The van der Waals surface area contributed by atoms with E-state index in [-0.39, 0.29) is 18.2 Å². The maximum absolute atomic E-state index is 13.1. The van der Waals surface area contributed by atoms with Crippen LogP contribution in [0.5, 0.6) is 0 Å². The number of carbonyl (C=O) groups is 1. The van der Waals surface area contributed by atoms with Crippen LogP contribution in [0.2, 0.25) is 0 Å².